The minimum atomic E-state index is -0.867. The van der Waals surface area contributed by atoms with Crippen LogP contribution < -0.4 is 14.2 Å². The van der Waals surface area contributed by atoms with E-state index in [2.05, 4.69) is 0 Å². The lowest BCUT2D eigenvalue weighted by Crippen LogP contribution is -2.36. The zero-order chi connectivity index (χ0) is 23.3. The van der Waals surface area contributed by atoms with E-state index < -0.39 is 16.9 Å². The summed E-state index contributed by atoms with van der Waals surface area (Å²) in [5.41, 5.74) is 1.76. The summed E-state index contributed by atoms with van der Waals surface area (Å²) >= 11 is 0. The predicted molar refractivity (Wildman–Crippen MR) is 119 cm³/mol. The topological polar surface area (TPSA) is 111 Å². The van der Waals surface area contributed by atoms with Crippen molar-refractivity contribution in [3.05, 3.63) is 57.6 Å². The molecular formula is C23H26N2O7. The Bertz CT molecular complexity index is 1020. The Labute approximate surface area is 186 Å². The van der Waals surface area contributed by atoms with Crippen LogP contribution in [0.4, 0.5) is 5.69 Å². The highest BCUT2D eigenvalue weighted by Crippen LogP contribution is 2.37. The Balaban J connectivity index is 2.11. The summed E-state index contributed by atoms with van der Waals surface area (Å²) in [5, 5.41) is 21.3. The highest BCUT2D eigenvalue weighted by atomic mass is 16.6. The normalized spacial score (nSPS) is 16.6. The number of ether oxygens (including phenoxy) is 3. The maximum absolute atomic E-state index is 11.8. The molecule has 1 atom stereocenters. The minimum absolute atomic E-state index is 0.134. The summed E-state index contributed by atoms with van der Waals surface area (Å²) in [4.78, 5) is 24.8. The molecule has 9 nitrogen and oxygen atoms in total. The molecule has 0 bridgehead atoms. The van der Waals surface area contributed by atoms with Gasteiger partial charge in [0.2, 0.25) is 0 Å². The molecule has 0 amide bonds. The minimum Gasteiger partial charge on any atom is -0.497 e. The number of nitrogens with zero attached hydrogens (tertiary/aromatic N) is 2. The maximum atomic E-state index is 11.8. The van der Waals surface area contributed by atoms with E-state index >= 15 is 0 Å². The summed E-state index contributed by atoms with van der Waals surface area (Å²) in [6.45, 7) is 0.966. The SMILES string of the molecule is COc1ccc(C(=Cc2cc(OC)c(OC)cc2[N+](=O)[O-])CN2CCC[C@H]2C(=O)O)cc1. The third-order valence-corrected chi connectivity index (χ3v) is 5.54. The van der Waals surface area contributed by atoms with E-state index in [-0.39, 0.29) is 11.4 Å². The van der Waals surface area contributed by atoms with Gasteiger partial charge in [0.25, 0.3) is 5.69 Å². The standard InChI is InChI=1S/C23H26N2O7/c1-30-18-8-6-15(7-9-18)17(14-24-10-4-5-19(24)23(26)27)11-16-12-21(31-2)22(32-3)13-20(16)25(28)29/h6-9,11-13,19H,4-5,10,14H2,1-3H3,(H,26,27)/t19-/m0/s1. The number of hydrogen-bond acceptors (Lipinski definition) is 7. The van der Waals surface area contributed by atoms with Crippen molar-refractivity contribution < 1.29 is 29.0 Å². The first kappa shape index (κ1) is 23.1. The number of nitro groups is 1. The second-order valence-corrected chi connectivity index (χ2v) is 7.39. The fourth-order valence-electron chi connectivity index (χ4n) is 3.88. The first-order valence-corrected chi connectivity index (χ1v) is 10.1. The molecule has 0 radical (unpaired) electrons. The molecule has 3 rings (SSSR count). The van der Waals surface area contributed by atoms with Gasteiger partial charge in [-0.15, -0.1) is 0 Å². The lowest BCUT2D eigenvalue weighted by Gasteiger charge is -2.23. The van der Waals surface area contributed by atoms with Gasteiger partial charge in [-0.25, -0.2) is 0 Å². The van der Waals surface area contributed by atoms with Crippen LogP contribution in [-0.2, 0) is 4.79 Å². The van der Waals surface area contributed by atoms with Gasteiger partial charge in [-0.1, -0.05) is 12.1 Å². The van der Waals surface area contributed by atoms with E-state index in [1.165, 1.54) is 20.3 Å². The van der Waals surface area contributed by atoms with E-state index in [9.17, 15) is 20.0 Å². The maximum Gasteiger partial charge on any atom is 0.320 e. The fraction of sp³-hybridized carbons (Fsp3) is 0.348. The van der Waals surface area contributed by atoms with E-state index in [0.29, 0.717) is 36.6 Å². The quantitative estimate of drug-likeness (QED) is 0.355. The van der Waals surface area contributed by atoms with Crippen LogP contribution in [0.15, 0.2) is 36.4 Å². The Hall–Kier alpha value is -3.59. The number of aliphatic carboxylic acids is 1. The van der Waals surface area contributed by atoms with Crippen molar-refractivity contribution in [2.24, 2.45) is 0 Å². The van der Waals surface area contributed by atoms with Gasteiger partial charge in [-0.3, -0.25) is 19.8 Å². The van der Waals surface area contributed by atoms with Gasteiger partial charge in [0, 0.05) is 6.54 Å². The lowest BCUT2D eigenvalue weighted by atomic mass is 10.00. The molecule has 1 heterocycles. The molecule has 1 aliphatic heterocycles. The van der Waals surface area contributed by atoms with Crippen LogP contribution in [0.2, 0.25) is 0 Å². The van der Waals surface area contributed by atoms with Crippen LogP contribution in [-0.4, -0.2) is 61.4 Å². The average Bonchev–Trinajstić information content (AvgIpc) is 3.26. The highest BCUT2D eigenvalue weighted by molar-refractivity contribution is 5.86. The van der Waals surface area contributed by atoms with E-state index in [1.54, 1.807) is 31.4 Å². The van der Waals surface area contributed by atoms with E-state index in [4.69, 9.17) is 14.2 Å². The summed E-state index contributed by atoms with van der Waals surface area (Å²) in [7, 11) is 4.45. The number of likely N-dealkylation sites (tertiary alicyclic amines) is 1. The van der Waals surface area contributed by atoms with Crippen LogP contribution in [0.3, 0.4) is 0 Å². The van der Waals surface area contributed by atoms with Gasteiger partial charge in [0.15, 0.2) is 11.5 Å². The molecule has 1 saturated heterocycles. The van der Waals surface area contributed by atoms with Gasteiger partial charge >= 0.3 is 5.97 Å². The van der Waals surface area contributed by atoms with Crippen LogP contribution in [0.25, 0.3) is 11.6 Å². The second kappa shape index (κ2) is 10.1. The third-order valence-electron chi connectivity index (χ3n) is 5.54. The molecule has 2 aromatic carbocycles. The average molecular weight is 442 g/mol. The fourth-order valence-corrected chi connectivity index (χ4v) is 3.88. The van der Waals surface area contributed by atoms with Gasteiger partial charge in [0.1, 0.15) is 11.8 Å². The summed E-state index contributed by atoms with van der Waals surface area (Å²) < 4.78 is 15.8. The highest BCUT2D eigenvalue weighted by Gasteiger charge is 2.31. The van der Waals surface area contributed by atoms with Gasteiger partial charge in [-0.05, 0) is 54.8 Å². The molecule has 0 saturated carbocycles. The Morgan fingerprint density at radius 1 is 1.16 bits per heavy atom. The number of benzene rings is 2. The molecule has 2 aromatic rings. The second-order valence-electron chi connectivity index (χ2n) is 7.39. The number of carbonyl (C=O) groups is 1. The first-order valence-electron chi connectivity index (χ1n) is 10.1. The van der Waals surface area contributed by atoms with Crippen molar-refractivity contribution in [2.45, 2.75) is 18.9 Å². The molecule has 170 valence electrons. The lowest BCUT2D eigenvalue weighted by molar-refractivity contribution is -0.385. The molecule has 1 fully saturated rings. The number of nitro benzene ring substituents is 1. The zero-order valence-electron chi connectivity index (χ0n) is 18.2. The molecular weight excluding hydrogens is 416 g/mol. The Morgan fingerprint density at radius 2 is 1.81 bits per heavy atom. The third kappa shape index (κ3) is 5.00. The molecule has 1 N–H and O–H groups in total. The summed E-state index contributed by atoms with van der Waals surface area (Å²) in [6, 6.07) is 9.59. The van der Waals surface area contributed by atoms with Crippen molar-refractivity contribution in [2.75, 3.05) is 34.4 Å². The van der Waals surface area contributed by atoms with Crippen LogP contribution in [0, 0.1) is 10.1 Å². The summed E-state index contributed by atoms with van der Waals surface area (Å²) in [6.07, 6.45) is 3.06. The zero-order valence-corrected chi connectivity index (χ0v) is 18.2. The van der Waals surface area contributed by atoms with Gasteiger partial charge in [0.05, 0.1) is 37.9 Å². The van der Waals surface area contributed by atoms with Gasteiger partial charge < -0.3 is 19.3 Å². The predicted octanol–water partition coefficient (Wildman–Crippen LogP) is 3.71. The first-order chi connectivity index (χ1) is 15.4. The number of rotatable bonds is 9. The van der Waals surface area contributed by atoms with Crippen molar-refractivity contribution >= 4 is 23.3 Å². The smallest absolute Gasteiger partial charge is 0.320 e. The van der Waals surface area contributed by atoms with Crippen molar-refractivity contribution in [3.63, 3.8) is 0 Å². The van der Waals surface area contributed by atoms with Gasteiger partial charge in [-0.2, -0.15) is 0 Å². The number of hydrogen-bond donors (Lipinski definition) is 1. The van der Waals surface area contributed by atoms with Crippen LogP contribution in [0.1, 0.15) is 24.0 Å². The molecule has 9 heteroatoms. The Kier molecular flexibility index (Phi) is 7.32. The number of methoxy groups -OCH3 is 3. The Morgan fingerprint density at radius 3 is 2.38 bits per heavy atom. The molecule has 0 spiro atoms. The van der Waals surface area contributed by atoms with Crippen LogP contribution in [0.5, 0.6) is 17.2 Å². The monoisotopic (exact) mass is 442 g/mol. The van der Waals surface area contributed by atoms with Crippen molar-refractivity contribution in [1.82, 2.24) is 4.90 Å². The molecule has 0 unspecified atom stereocenters. The number of carboxylic acid groups (broad SMARTS) is 1. The molecule has 0 aromatic heterocycles. The summed E-state index contributed by atoms with van der Waals surface area (Å²) in [5.74, 6) is 0.430. The largest absolute Gasteiger partial charge is 0.497 e. The van der Waals surface area contributed by atoms with Crippen LogP contribution >= 0.6 is 0 Å². The van der Waals surface area contributed by atoms with Crippen molar-refractivity contribution in [1.29, 1.82) is 0 Å². The van der Waals surface area contributed by atoms with E-state index in [0.717, 1.165) is 17.6 Å². The molecule has 32 heavy (non-hydrogen) atoms. The molecule has 0 aliphatic carbocycles. The number of carboxylic acids is 1. The van der Waals surface area contributed by atoms with Crippen molar-refractivity contribution in [3.8, 4) is 17.2 Å². The molecule has 1 aliphatic rings. The van der Waals surface area contributed by atoms with E-state index in [1.807, 2.05) is 17.0 Å².